The molecule has 2 heterocycles. The van der Waals surface area contributed by atoms with Crippen molar-refractivity contribution < 1.29 is 13.9 Å². The maximum atomic E-state index is 12.3. The molecule has 0 saturated carbocycles. The van der Waals surface area contributed by atoms with Gasteiger partial charge in [0.25, 0.3) is 5.91 Å². The normalized spacial score (nSPS) is 10.6. The van der Waals surface area contributed by atoms with Crippen LogP contribution in [0.15, 0.2) is 40.9 Å². The summed E-state index contributed by atoms with van der Waals surface area (Å²) in [4.78, 5) is 16.3. The average Bonchev–Trinajstić information content (AvgIpc) is 2.87. The summed E-state index contributed by atoms with van der Waals surface area (Å²) in [6.07, 6.45) is 1.43. The molecule has 0 aliphatic carbocycles. The van der Waals surface area contributed by atoms with Crippen LogP contribution in [0.25, 0.3) is 11.0 Å². The maximum absolute atomic E-state index is 12.3. The molecular formula is C15H12ClN3O3. The molecule has 0 saturated heterocycles. The maximum Gasteiger partial charge on any atom is 0.294 e. The van der Waals surface area contributed by atoms with E-state index in [1.54, 1.807) is 30.3 Å². The number of nitrogen functional groups attached to an aromatic ring is 1. The van der Waals surface area contributed by atoms with E-state index in [-0.39, 0.29) is 11.4 Å². The number of nitrogens with zero attached hydrogens (tertiary/aromatic N) is 1. The highest BCUT2D eigenvalue weighted by Gasteiger charge is 2.21. The Morgan fingerprint density at radius 1 is 1.36 bits per heavy atom. The highest BCUT2D eigenvalue weighted by Crippen LogP contribution is 2.34. The SMILES string of the molecule is COc1cccc2c(N)c(C(=O)Nc3ccc(Cl)cn3)oc12. The molecule has 0 unspecified atom stereocenters. The molecule has 1 amide bonds. The van der Waals surface area contributed by atoms with Gasteiger partial charge in [-0.2, -0.15) is 0 Å². The molecule has 0 radical (unpaired) electrons. The Bertz CT molecular complexity index is 843. The topological polar surface area (TPSA) is 90.4 Å². The van der Waals surface area contributed by atoms with E-state index in [1.807, 2.05) is 0 Å². The molecule has 0 fully saturated rings. The Labute approximate surface area is 130 Å². The number of methoxy groups -OCH3 is 1. The Morgan fingerprint density at radius 2 is 2.18 bits per heavy atom. The van der Waals surface area contributed by atoms with Crippen molar-refractivity contribution in [3.05, 3.63) is 47.3 Å². The minimum Gasteiger partial charge on any atom is -0.493 e. The lowest BCUT2D eigenvalue weighted by molar-refractivity contribution is 0.0999. The number of carbonyl (C=O) groups excluding carboxylic acids is 1. The van der Waals surface area contributed by atoms with Crippen molar-refractivity contribution in [2.24, 2.45) is 0 Å². The van der Waals surface area contributed by atoms with Crippen LogP contribution in [0.4, 0.5) is 11.5 Å². The van der Waals surface area contributed by atoms with Crippen LogP contribution in [-0.2, 0) is 0 Å². The van der Waals surface area contributed by atoms with Gasteiger partial charge in [0.05, 0.1) is 17.8 Å². The number of hydrogen-bond donors (Lipinski definition) is 2. The van der Waals surface area contributed by atoms with Crippen molar-refractivity contribution in [1.82, 2.24) is 4.98 Å². The molecule has 6 nitrogen and oxygen atoms in total. The summed E-state index contributed by atoms with van der Waals surface area (Å²) in [5, 5.41) is 3.70. The van der Waals surface area contributed by atoms with Crippen LogP contribution < -0.4 is 15.8 Å². The highest BCUT2D eigenvalue weighted by atomic mass is 35.5. The summed E-state index contributed by atoms with van der Waals surface area (Å²) in [6, 6.07) is 8.46. The van der Waals surface area contributed by atoms with E-state index < -0.39 is 5.91 Å². The summed E-state index contributed by atoms with van der Waals surface area (Å²) in [5.41, 5.74) is 6.67. The number of para-hydroxylation sites is 1. The Morgan fingerprint density at radius 3 is 2.86 bits per heavy atom. The summed E-state index contributed by atoms with van der Waals surface area (Å²) in [6.45, 7) is 0. The summed E-state index contributed by atoms with van der Waals surface area (Å²) in [7, 11) is 1.52. The second kappa shape index (κ2) is 5.57. The van der Waals surface area contributed by atoms with E-state index in [9.17, 15) is 4.79 Å². The van der Waals surface area contributed by atoms with Crippen LogP contribution in [-0.4, -0.2) is 18.0 Å². The van der Waals surface area contributed by atoms with E-state index in [4.69, 9.17) is 26.5 Å². The number of amides is 1. The first kappa shape index (κ1) is 14.2. The van der Waals surface area contributed by atoms with E-state index in [0.717, 1.165) is 0 Å². The van der Waals surface area contributed by atoms with Gasteiger partial charge in [-0.25, -0.2) is 4.98 Å². The molecule has 0 spiro atoms. The van der Waals surface area contributed by atoms with Gasteiger partial charge >= 0.3 is 0 Å². The number of nitrogens with one attached hydrogen (secondary N) is 1. The molecule has 0 atom stereocenters. The number of fused-ring (bicyclic) bond motifs is 1. The number of pyridine rings is 1. The third-order valence-corrected chi connectivity index (χ3v) is 3.34. The van der Waals surface area contributed by atoms with E-state index in [2.05, 4.69) is 10.3 Å². The molecule has 0 bridgehead atoms. The smallest absolute Gasteiger partial charge is 0.294 e. The van der Waals surface area contributed by atoms with Crippen LogP contribution in [0.1, 0.15) is 10.6 Å². The van der Waals surface area contributed by atoms with Crippen LogP contribution in [0.2, 0.25) is 5.02 Å². The molecule has 22 heavy (non-hydrogen) atoms. The fourth-order valence-electron chi connectivity index (χ4n) is 2.06. The Balaban J connectivity index is 1.97. The summed E-state index contributed by atoms with van der Waals surface area (Å²) in [5.74, 6) is 0.371. The van der Waals surface area contributed by atoms with Gasteiger partial charge in [-0.05, 0) is 24.3 Å². The molecule has 112 valence electrons. The number of halogens is 1. The third-order valence-electron chi connectivity index (χ3n) is 3.11. The van der Waals surface area contributed by atoms with Crippen molar-refractivity contribution in [3.63, 3.8) is 0 Å². The monoisotopic (exact) mass is 317 g/mol. The number of anilines is 2. The van der Waals surface area contributed by atoms with Crippen molar-refractivity contribution in [2.75, 3.05) is 18.2 Å². The lowest BCUT2D eigenvalue weighted by Gasteiger charge is -2.02. The molecule has 2 aromatic heterocycles. The molecule has 1 aromatic carbocycles. The minimum absolute atomic E-state index is 0.0104. The zero-order valence-corrected chi connectivity index (χ0v) is 12.3. The number of ether oxygens (including phenoxy) is 1. The van der Waals surface area contributed by atoms with Crippen LogP contribution in [0.5, 0.6) is 5.75 Å². The summed E-state index contributed by atoms with van der Waals surface area (Å²) < 4.78 is 10.8. The van der Waals surface area contributed by atoms with Crippen molar-refractivity contribution >= 4 is 40.0 Å². The zero-order chi connectivity index (χ0) is 15.7. The molecule has 7 heteroatoms. The standard InChI is InChI=1S/C15H12ClN3O3/c1-21-10-4-2-3-9-12(17)14(22-13(9)10)15(20)19-11-6-5-8(16)7-18-11/h2-7H,17H2,1H3,(H,18,19,20). The van der Waals surface area contributed by atoms with Crippen molar-refractivity contribution in [1.29, 1.82) is 0 Å². The predicted molar refractivity (Wildman–Crippen MR) is 84.4 cm³/mol. The van der Waals surface area contributed by atoms with Gasteiger partial charge in [-0.1, -0.05) is 17.7 Å². The zero-order valence-electron chi connectivity index (χ0n) is 11.6. The molecule has 3 N–H and O–H groups in total. The van der Waals surface area contributed by atoms with Gasteiger partial charge in [0, 0.05) is 11.6 Å². The van der Waals surface area contributed by atoms with Gasteiger partial charge in [0.1, 0.15) is 5.82 Å². The number of carbonyl (C=O) groups is 1. The minimum atomic E-state index is -0.495. The molecular weight excluding hydrogens is 306 g/mol. The Kier molecular flexibility index (Phi) is 3.60. The first-order valence-electron chi connectivity index (χ1n) is 6.38. The van der Waals surface area contributed by atoms with Gasteiger partial charge in [-0.15, -0.1) is 0 Å². The molecule has 0 aliphatic heterocycles. The molecule has 0 aliphatic rings. The van der Waals surface area contributed by atoms with Crippen LogP contribution in [0.3, 0.4) is 0 Å². The highest BCUT2D eigenvalue weighted by molar-refractivity contribution is 6.30. The van der Waals surface area contributed by atoms with E-state index in [1.165, 1.54) is 13.3 Å². The van der Waals surface area contributed by atoms with Crippen molar-refractivity contribution in [2.45, 2.75) is 0 Å². The first-order valence-corrected chi connectivity index (χ1v) is 6.76. The van der Waals surface area contributed by atoms with Gasteiger partial charge in [0.15, 0.2) is 11.3 Å². The number of rotatable bonds is 3. The van der Waals surface area contributed by atoms with Crippen LogP contribution in [0, 0.1) is 0 Å². The number of furan rings is 1. The second-order valence-electron chi connectivity index (χ2n) is 4.50. The number of aromatic nitrogens is 1. The number of hydrogen-bond acceptors (Lipinski definition) is 5. The fourth-order valence-corrected chi connectivity index (χ4v) is 2.18. The Hall–Kier alpha value is -2.73. The lowest BCUT2D eigenvalue weighted by Crippen LogP contribution is -2.13. The molecule has 3 aromatic rings. The number of nitrogens with two attached hydrogens (primary N) is 1. The summed E-state index contributed by atoms with van der Waals surface area (Å²) >= 11 is 5.75. The fraction of sp³-hybridized carbons (Fsp3) is 0.0667. The number of benzene rings is 1. The second-order valence-corrected chi connectivity index (χ2v) is 4.93. The first-order chi connectivity index (χ1) is 10.6. The largest absolute Gasteiger partial charge is 0.493 e. The van der Waals surface area contributed by atoms with Gasteiger partial charge in [0.2, 0.25) is 5.76 Å². The van der Waals surface area contributed by atoms with Gasteiger partial charge < -0.3 is 20.2 Å². The van der Waals surface area contributed by atoms with Crippen LogP contribution >= 0.6 is 11.6 Å². The van der Waals surface area contributed by atoms with Crippen molar-refractivity contribution in [3.8, 4) is 5.75 Å². The third kappa shape index (κ3) is 2.44. The van der Waals surface area contributed by atoms with Gasteiger partial charge in [-0.3, -0.25) is 4.79 Å². The quantitative estimate of drug-likeness (QED) is 0.773. The van der Waals surface area contributed by atoms with E-state index >= 15 is 0 Å². The van der Waals surface area contributed by atoms with E-state index in [0.29, 0.717) is 27.6 Å². The predicted octanol–water partition coefficient (Wildman–Crippen LogP) is 3.32. The molecule has 3 rings (SSSR count). The lowest BCUT2D eigenvalue weighted by atomic mass is 10.2. The average molecular weight is 318 g/mol.